The second kappa shape index (κ2) is 7.38. The molecule has 2 aliphatic rings. The van der Waals surface area contributed by atoms with E-state index < -0.39 is 30.3 Å². The van der Waals surface area contributed by atoms with Crippen molar-refractivity contribution in [3.8, 4) is 11.5 Å². The number of carbonyl (C=O) groups is 1. The molecule has 1 aromatic rings. The highest BCUT2D eigenvalue weighted by atomic mass is 19.4. The van der Waals surface area contributed by atoms with E-state index in [-0.39, 0.29) is 22.9 Å². The number of methoxy groups -OCH3 is 1. The third kappa shape index (κ3) is 3.47. The molecule has 3 rings (SSSR count). The Kier molecular flexibility index (Phi) is 5.32. The van der Waals surface area contributed by atoms with Crippen LogP contribution in [0.2, 0.25) is 0 Å². The molecule has 1 saturated carbocycles. The van der Waals surface area contributed by atoms with Crippen molar-refractivity contribution in [1.29, 1.82) is 0 Å². The number of rotatable bonds is 4. The van der Waals surface area contributed by atoms with E-state index in [1.807, 2.05) is 0 Å². The molecule has 0 bridgehead atoms. The van der Waals surface area contributed by atoms with E-state index in [0.717, 1.165) is 6.42 Å². The summed E-state index contributed by atoms with van der Waals surface area (Å²) in [4.78, 5) is 12.5. The summed E-state index contributed by atoms with van der Waals surface area (Å²) in [6, 6.07) is 6.46. The van der Waals surface area contributed by atoms with Crippen LogP contribution < -0.4 is 9.47 Å². The first-order valence-corrected chi connectivity index (χ1v) is 8.74. The second-order valence-electron chi connectivity index (χ2n) is 6.61. The Morgan fingerprint density at radius 2 is 2.00 bits per heavy atom. The first kappa shape index (κ1) is 19.5. The number of fused-ring (bicyclic) bond motifs is 1. The predicted octanol–water partition coefficient (Wildman–Crippen LogP) is 3.10. The Labute approximate surface area is 154 Å². The summed E-state index contributed by atoms with van der Waals surface area (Å²) in [5, 5.41) is 14.6. The zero-order chi connectivity index (χ0) is 19.7. The number of amides is 1. The van der Waals surface area contributed by atoms with Crippen LogP contribution in [0, 0.1) is 5.92 Å². The highest BCUT2D eigenvalue weighted by molar-refractivity contribution is 5.93. The molecule has 148 valence electrons. The minimum Gasteiger partial charge on any atom is -0.493 e. The molecular weight excluding hydrogens is 365 g/mol. The highest BCUT2D eigenvalue weighted by Crippen LogP contribution is 2.47. The van der Waals surface area contributed by atoms with Gasteiger partial charge in [-0.25, -0.2) is 0 Å². The van der Waals surface area contributed by atoms with Gasteiger partial charge in [-0.15, -0.1) is 0 Å². The lowest BCUT2D eigenvalue weighted by Crippen LogP contribution is -2.61. The summed E-state index contributed by atoms with van der Waals surface area (Å²) in [5.74, 6) is -1.75. The largest absolute Gasteiger partial charge is 0.493 e. The molecule has 0 radical (unpaired) electrons. The maximum absolute atomic E-state index is 13.8. The van der Waals surface area contributed by atoms with Crippen molar-refractivity contribution >= 4 is 11.6 Å². The van der Waals surface area contributed by atoms with Gasteiger partial charge in [0.15, 0.2) is 18.1 Å². The number of hydrogen-bond donors (Lipinski definition) is 1. The van der Waals surface area contributed by atoms with Crippen molar-refractivity contribution in [2.45, 2.75) is 44.0 Å². The van der Waals surface area contributed by atoms with Crippen LogP contribution in [0.3, 0.4) is 0 Å². The number of hydrogen-bond acceptors (Lipinski definition) is 5. The van der Waals surface area contributed by atoms with Crippen LogP contribution in [-0.4, -0.2) is 47.4 Å². The van der Waals surface area contributed by atoms with Gasteiger partial charge in [-0.2, -0.15) is 23.3 Å². The molecule has 6 nitrogen and oxygen atoms in total. The van der Waals surface area contributed by atoms with Crippen molar-refractivity contribution in [3.63, 3.8) is 0 Å². The van der Waals surface area contributed by atoms with Crippen molar-refractivity contribution < 1.29 is 32.5 Å². The molecule has 0 unspecified atom stereocenters. The zero-order valence-corrected chi connectivity index (χ0v) is 14.8. The van der Waals surface area contributed by atoms with E-state index >= 15 is 0 Å². The lowest BCUT2D eigenvalue weighted by molar-refractivity contribution is -0.317. The van der Waals surface area contributed by atoms with Gasteiger partial charge < -0.3 is 14.6 Å². The van der Waals surface area contributed by atoms with E-state index in [2.05, 4.69) is 5.10 Å². The Hall–Kier alpha value is -2.29. The molecule has 0 spiro atoms. The van der Waals surface area contributed by atoms with E-state index in [0.29, 0.717) is 25.0 Å². The summed E-state index contributed by atoms with van der Waals surface area (Å²) in [6.45, 7) is -0.706. The molecule has 0 saturated heterocycles. The predicted molar refractivity (Wildman–Crippen MR) is 90.3 cm³/mol. The van der Waals surface area contributed by atoms with E-state index in [4.69, 9.17) is 9.47 Å². The average molecular weight is 386 g/mol. The standard InChI is InChI=1S/C18H21F3N2O4/c1-26-14-9-5-6-10-15(14)27-11-16(24)23-17(25,18(19,20)21)12-7-3-2-4-8-13(12)22-23/h5-6,9-10,12,25H,2-4,7-8,11H2,1H3/t12-,17-/m1/s1. The molecular formula is C18H21F3N2O4. The van der Waals surface area contributed by atoms with Crippen molar-refractivity contribution in [3.05, 3.63) is 24.3 Å². The normalized spacial score (nSPS) is 25.4. The molecule has 1 aliphatic carbocycles. The van der Waals surface area contributed by atoms with Gasteiger partial charge in [0.05, 0.1) is 13.0 Å². The molecule has 1 aliphatic heterocycles. The number of ether oxygens (including phenoxy) is 2. The van der Waals surface area contributed by atoms with Crippen LogP contribution in [0.25, 0.3) is 0 Å². The Morgan fingerprint density at radius 1 is 1.30 bits per heavy atom. The third-order valence-electron chi connectivity index (χ3n) is 4.94. The summed E-state index contributed by atoms with van der Waals surface area (Å²) < 4.78 is 51.7. The maximum Gasteiger partial charge on any atom is 0.439 e. The van der Waals surface area contributed by atoms with E-state index in [9.17, 15) is 23.1 Å². The number of aliphatic hydroxyl groups is 1. The number of halogens is 3. The number of hydrazone groups is 1. The molecule has 0 aromatic heterocycles. The summed E-state index contributed by atoms with van der Waals surface area (Å²) in [7, 11) is 1.41. The van der Waals surface area contributed by atoms with Gasteiger partial charge in [-0.05, 0) is 31.4 Å². The van der Waals surface area contributed by atoms with E-state index in [1.165, 1.54) is 13.2 Å². The van der Waals surface area contributed by atoms with Crippen LogP contribution in [0.5, 0.6) is 11.5 Å². The average Bonchev–Trinajstić information content (AvgIpc) is 2.79. The van der Waals surface area contributed by atoms with Gasteiger partial charge in [-0.3, -0.25) is 4.79 Å². The fourth-order valence-electron chi connectivity index (χ4n) is 3.58. The Morgan fingerprint density at radius 3 is 2.67 bits per heavy atom. The molecule has 2 atom stereocenters. The van der Waals surface area contributed by atoms with Gasteiger partial charge in [0.1, 0.15) is 0 Å². The van der Waals surface area contributed by atoms with Gasteiger partial charge >= 0.3 is 6.18 Å². The van der Waals surface area contributed by atoms with Crippen molar-refractivity contribution in [2.24, 2.45) is 11.0 Å². The Bertz CT molecular complexity index is 738. The Balaban J connectivity index is 1.83. The minimum absolute atomic E-state index is 0.131. The first-order valence-electron chi connectivity index (χ1n) is 8.74. The zero-order valence-electron chi connectivity index (χ0n) is 14.8. The SMILES string of the molecule is COc1ccccc1OCC(=O)N1N=C2CCCCC[C@H]2[C@@]1(O)C(F)(F)F. The van der Waals surface area contributed by atoms with Crippen molar-refractivity contribution in [2.75, 3.05) is 13.7 Å². The van der Waals surface area contributed by atoms with Crippen LogP contribution in [0.1, 0.15) is 32.1 Å². The molecule has 1 heterocycles. The fourth-order valence-corrected chi connectivity index (χ4v) is 3.58. The lowest BCUT2D eigenvalue weighted by Gasteiger charge is -2.37. The lowest BCUT2D eigenvalue weighted by atomic mass is 9.87. The molecule has 1 aromatic carbocycles. The highest BCUT2D eigenvalue weighted by Gasteiger charge is 2.68. The molecule has 27 heavy (non-hydrogen) atoms. The quantitative estimate of drug-likeness (QED) is 0.863. The number of alkyl halides is 3. The smallest absolute Gasteiger partial charge is 0.439 e. The van der Waals surface area contributed by atoms with Gasteiger partial charge in [-0.1, -0.05) is 25.0 Å². The minimum atomic E-state index is -5.03. The van der Waals surface area contributed by atoms with Gasteiger partial charge in [0.25, 0.3) is 11.6 Å². The maximum atomic E-state index is 13.8. The third-order valence-corrected chi connectivity index (χ3v) is 4.94. The molecule has 9 heteroatoms. The molecule has 1 N–H and O–H groups in total. The molecule has 1 amide bonds. The summed E-state index contributed by atoms with van der Waals surface area (Å²) >= 11 is 0. The number of para-hydroxylation sites is 2. The van der Waals surface area contributed by atoms with Crippen LogP contribution in [0.4, 0.5) is 13.2 Å². The second-order valence-corrected chi connectivity index (χ2v) is 6.61. The monoisotopic (exact) mass is 386 g/mol. The number of carbonyl (C=O) groups excluding carboxylic acids is 1. The fraction of sp³-hybridized carbons (Fsp3) is 0.556. The molecule has 1 fully saturated rings. The number of benzene rings is 1. The van der Waals surface area contributed by atoms with Gasteiger partial charge in [0, 0.05) is 5.71 Å². The van der Waals surface area contributed by atoms with Crippen molar-refractivity contribution in [1.82, 2.24) is 5.01 Å². The first-order chi connectivity index (χ1) is 12.8. The summed E-state index contributed by atoms with van der Waals surface area (Å²) in [5.41, 5.74) is -3.12. The van der Waals surface area contributed by atoms with Crippen LogP contribution in [0.15, 0.2) is 29.4 Å². The van der Waals surface area contributed by atoms with E-state index in [1.54, 1.807) is 18.2 Å². The summed E-state index contributed by atoms with van der Waals surface area (Å²) in [6.07, 6.45) is -2.57. The topological polar surface area (TPSA) is 71.4 Å². The number of nitrogens with zero attached hydrogens (tertiary/aromatic N) is 2. The van der Waals surface area contributed by atoms with Gasteiger partial charge in [0.2, 0.25) is 0 Å². The van der Waals surface area contributed by atoms with Crippen LogP contribution in [-0.2, 0) is 4.79 Å². The van der Waals surface area contributed by atoms with Crippen LogP contribution >= 0.6 is 0 Å².